The van der Waals surface area contributed by atoms with Crippen LogP contribution in [0.3, 0.4) is 0 Å². The maximum Gasteiger partial charge on any atom is 0.308 e. The number of hydrogen-bond donors (Lipinski definition) is 0. The fourth-order valence-corrected chi connectivity index (χ4v) is 3.34. The van der Waals surface area contributed by atoms with Crippen molar-refractivity contribution in [2.75, 3.05) is 20.2 Å². The van der Waals surface area contributed by atoms with Gasteiger partial charge in [0.1, 0.15) is 12.4 Å². The van der Waals surface area contributed by atoms with Gasteiger partial charge in [0.15, 0.2) is 0 Å². The number of carbonyl (C=O) groups excluding carboxylic acids is 2. The predicted octanol–water partition coefficient (Wildman–Crippen LogP) is 2.01. The SMILES string of the molecule is CCc1nc2ccccc2n1CC(=O)N1CCC(C(=O)OC)CC1. The van der Waals surface area contributed by atoms with Gasteiger partial charge in [0.25, 0.3) is 0 Å². The van der Waals surface area contributed by atoms with Crippen molar-refractivity contribution in [3.63, 3.8) is 0 Å². The number of ether oxygens (including phenoxy) is 1. The van der Waals surface area contributed by atoms with Gasteiger partial charge >= 0.3 is 5.97 Å². The van der Waals surface area contributed by atoms with Gasteiger partial charge in [0.05, 0.1) is 24.1 Å². The number of imidazole rings is 1. The number of carbonyl (C=O) groups is 2. The number of hydrogen-bond acceptors (Lipinski definition) is 4. The lowest BCUT2D eigenvalue weighted by molar-refractivity contribution is -0.149. The summed E-state index contributed by atoms with van der Waals surface area (Å²) in [6, 6.07) is 7.89. The average molecular weight is 329 g/mol. The molecule has 1 fully saturated rings. The molecule has 0 N–H and O–H groups in total. The van der Waals surface area contributed by atoms with Crippen LogP contribution in [0.4, 0.5) is 0 Å². The molecule has 24 heavy (non-hydrogen) atoms. The smallest absolute Gasteiger partial charge is 0.308 e. The first-order valence-corrected chi connectivity index (χ1v) is 8.43. The number of aromatic nitrogens is 2. The summed E-state index contributed by atoms with van der Waals surface area (Å²) in [4.78, 5) is 30.7. The Balaban J connectivity index is 1.71. The molecule has 0 atom stereocenters. The van der Waals surface area contributed by atoms with Crippen molar-refractivity contribution >= 4 is 22.9 Å². The van der Waals surface area contributed by atoms with Gasteiger partial charge < -0.3 is 14.2 Å². The van der Waals surface area contributed by atoms with Crippen molar-refractivity contribution < 1.29 is 14.3 Å². The van der Waals surface area contributed by atoms with E-state index in [9.17, 15) is 9.59 Å². The molecule has 3 rings (SSSR count). The van der Waals surface area contributed by atoms with E-state index in [4.69, 9.17) is 4.74 Å². The van der Waals surface area contributed by atoms with Crippen LogP contribution in [0.1, 0.15) is 25.6 Å². The third-order valence-corrected chi connectivity index (χ3v) is 4.73. The summed E-state index contributed by atoms with van der Waals surface area (Å²) in [5.74, 6) is 0.750. The van der Waals surface area contributed by atoms with E-state index in [1.807, 2.05) is 40.7 Å². The largest absolute Gasteiger partial charge is 0.469 e. The highest BCUT2D eigenvalue weighted by Gasteiger charge is 2.28. The van der Waals surface area contributed by atoms with E-state index in [2.05, 4.69) is 4.98 Å². The summed E-state index contributed by atoms with van der Waals surface area (Å²) in [5, 5.41) is 0. The number of nitrogens with zero attached hydrogens (tertiary/aromatic N) is 3. The molecular weight excluding hydrogens is 306 g/mol. The van der Waals surface area contributed by atoms with E-state index < -0.39 is 0 Å². The number of rotatable bonds is 4. The molecule has 1 amide bonds. The molecule has 0 unspecified atom stereocenters. The molecule has 1 aromatic carbocycles. The molecule has 0 radical (unpaired) electrons. The molecule has 0 bridgehead atoms. The van der Waals surface area contributed by atoms with Gasteiger partial charge in [-0.2, -0.15) is 0 Å². The van der Waals surface area contributed by atoms with Crippen LogP contribution in [-0.4, -0.2) is 46.5 Å². The lowest BCUT2D eigenvalue weighted by Gasteiger charge is -2.31. The van der Waals surface area contributed by atoms with Crippen molar-refractivity contribution in [1.29, 1.82) is 0 Å². The summed E-state index contributed by atoms with van der Waals surface area (Å²) in [6.07, 6.45) is 2.12. The standard InChI is InChI=1S/C18H23N3O3/c1-3-16-19-14-6-4-5-7-15(14)21(16)12-17(22)20-10-8-13(9-11-20)18(23)24-2/h4-7,13H,3,8-12H2,1-2H3. The first-order chi connectivity index (χ1) is 11.6. The molecule has 1 aliphatic heterocycles. The Hall–Kier alpha value is -2.37. The summed E-state index contributed by atoms with van der Waals surface area (Å²) < 4.78 is 6.80. The molecule has 1 aliphatic rings. The number of para-hydroxylation sites is 2. The maximum absolute atomic E-state index is 12.7. The van der Waals surface area contributed by atoms with Crippen molar-refractivity contribution in [1.82, 2.24) is 14.5 Å². The Morgan fingerprint density at radius 3 is 2.62 bits per heavy atom. The predicted molar refractivity (Wildman–Crippen MR) is 90.4 cm³/mol. The minimum Gasteiger partial charge on any atom is -0.469 e. The third kappa shape index (κ3) is 3.13. The van der Waals surface area contributed by atoms with Crippen LogP contribution >= 0.6 is 0 Å². The average Bonchev–Trinajstić information content (AvgIpc) is 2.99. The molecule has 0 aliphatic carbocycles. The van der Waals surface area contributed by atoms with Crippen LogP contribution in [-0.2, 0) is 27.3 Å². The first kappa shape index (κ1) is 16.5. The molecule has 1 saturated heterocycles. The number of methoxy groups -OCH3 is 1. The minimum absolute atomic E-state index is 0.0798. The number of aryl methyl sites for hydroxylation is 1. The van der Waals surface area contributed by atoms with Crippen LogP contribution < -0.4 is 0 Å². The Morgan fingerprint density at radius 1 is 1.25 bits per heavy atom. The highest BCUT2D eigenvalue weighted by Crippen LogP contribution is 2.20. The van der Waals surface area contributed by atoms with Crippen LogP contribution in [0, 0.1) is 5.92 Å². The normalized spacial score (nSPS) is 15.7. The second-order valence-corrected chi connectivity index (χ2v) is 6.13. The molecule has 6 heteroatoms. The number of piperidine rings is 1. The monoisotopic (exact) mass is 329 g/mol. The number of esters is 1. The fourth-order valence-electron chi connectivity index (χ4n) is 3.34. The fraction of sp³-hybridized carbons (Fsp3) is 0.500. The highest BCUT2D eigenvalue weighted by molar-refractivity contribution is 5.81. The zero-order valence-electron chi connectivity index (χ0n) is 14.2. The first-order valence-electron chi connectivity index (χ1n) is 8.43. The van der Waals surface area contributed by atoms with Crippen LogP contribution in [0.25, 0.3) is 11.0 Å². The number of fused-ring (bicyclic) bond motifs is 1. The third-order valence-electron chi connectivity index (χ3n) is 4.73. The Kier molecular flexibility index (Phi) is 4.83. The van der Waals surface area contributed by atoms with E-state index in [1.54, 1.807) is 0 Å². The van der Waals surface area contributed by atoms with E-state index in [0.717, 1.165) is 23.3 Å². The second-order valence-electron chi connectivity index (χ2n) is 6.13. The quantitative estimate of drug-likeness (QED) is 0.805. The lowest BCUT2D eigenvalue weighted by atomic mass is 9.97. The van der Waals surface area contributed by atoms with Gasteiger partial charge in [-0.15, -0.1) is 0 Å². The van der Waals surface area contributed by atoms with E-state index >= 15 is 0 Å². The topological polar surface area (TPSA) is 64.4 Å². The Morgan fingerprint density at radius 2 is 1.96 bits per heavy atom. The van der Waals surface area contributed by atoms with Gasteiger partial charge in [-0.25, -0.2) is 4.98 Å². The van der Waals surface area contributed by atoms with Crippen molar-refractivity contribution in [3.05, 3.63) is 30.1 Å². The van der Waals surface area contributed by atoms with Crippen LogP contribution in [0.2, 0.25) is 0 Å². The molecule has 0 spiro atoms. The summed E-state index contributed by atoms with van der Waals surface area (Å²) >= 11 is 0. The summed E-state index contributed by atoms with van der Waals surface area (Å²) in [6.45, 7) is 3.55. The molecule has 2 aromatic rings. The minimum atomic E-state index is -0.170. The van der Waals surface area contributed by atoms with Gasteiger partial charge in [0, 0.05) is 19.5 Å². The molecule has 6 nitrogen and oxygen atoms in total. The number of amides is 1. The number of likely N-dealkylation sites (tertiary alicyclic amines) is 1. The van der Waals surface area contributed by atoms with E-state index in [-0.39, 0.29) is 17.8 Å². The lowest BCUT2D eigenvalue weighted by Crippen LogP contribution is -2.42. The van der Waals surface area contributed by atoms with Crippen molar-refractivity contribution in [2.24, 2.45) is 5.92 Å². The molecule has 0 saturated carbocycles. The molecule has 1 aromatic heterocycles. The second kappa shape index (κ2) is 7.03. The molecule has 128 valence electrons. The zero-order valence-corrected chi connectivity index (χ0v) is 14.2. The zero-order chi connectivity index (χ0) is 17.1. The van der Waals surface area contributed by atoms with Gasteiger partial charge in [-0.1, -0.05) is 19.1 Å². The van der Waals surface area contributed by atoms with Crippen LogP contribution in [0.15, 0.2) is 24.3 Å². The Labute approximate surface area is 141 Å². The van der Waals surface area contributed by atoms with E-state index in [1.165, 1.54) is 7.11 Å². The molecular formula is C18H23N3O3. The highest BCUT2D eigenvalue weighted by atomic mass is 16.5. The van der Waals surface area contributed by atoms with Gasteiger partial charge in [-0.05, 0) is 25.0 Å². The molecule has 2 heterocycles. The van der Waals surface area contributed by atoms with Crippen molar-refractivity contribution in [3.8, 4) is 0 Å². The van der Waals surface area contributed by atoms with Gasteiger partial charge in [-0.3, -0.25) is 9.59 Å². The maximum atomic E-state index is 12.7. The Bertz CT molecular complexity index is 745. The van der Waals surface area contributed by atoms with Gasteiger partial charge in [0.2, 0.25) is 5.91 Å². The summed E-state index contributed by atoms with van der Waals surface area (Å²) in [5.41, 5.74) is 1.92. The van der Waals surface area contributed by atoms with E-state index in [0.29, 0.717) is 32.5 Å². The number of benzene rings is 1. The summed E-state index contributed by atoms with van der Waals surface area (Å²) in [7, 11) is 1.41. The van der Waals surface area contributed by atoms with Crippen LogP contribution in [0.5, 0.6) is 0 Å². The van der Waals surface area contributed by atoms with Crippen molar-refractivity contribution in [2.45, 2.75) is 32.7 Å².